The molecule has 0 bridgehead atoms. The average Bonchev–Trinajstić information content (AvgIpc) is 2.56. The summed E-state index contributed by atoms with van der Waals surface area (Å²) in [6, 6.07) is 13.0. The number of carbonyl (C=O) groups excluding carboxylic acids is 2. The third-order valence-electron chi connectivity index (χ3n) is 3.69. The molecule has 5 heteroatoms. The van der Waals surface area contributed by atoms with Crippen molar-refractivity contribution in [2.75, 3.05) is 25.6 Å². The number of hydrogen-bond acceptors (Lipinski definition) is 3. The standard InChI is InChI=1S/C20H24N2O3/c1-14-10-15(2)12-17(11-14)20(24)22-18-6-4-16(5-7-18)13-19(23)21-8-9-25-3/h4-7,10-12H,8-9,13H2,1-3H3,(H,21,23)(H,22,24). The van der Waals surface area contributed by atoms with E-state index < -0.39 is 0 Å². The second-order valence-corrected chi connectivity index (χ2v) is 6.05. The summed E-state index contributed by atoms with van der Waals surface area (Å²) in [5.41, 5.74) is 4.34. The smallest absolute Gasteiger partial charge is 0.255 e. The van der Waals surface area contributed by atoms with Gasteiger partial charge in [-0.15, -0.1) is 0 Å². The van der Waals surface area contributed by atoms with E-state index in [-0.39, 0.29) is 11.8 Å². The van der Waals surface area contributed by atoms with Gasteiger partial charge in [0.15, 0.2) is 0 Å². The minimum atomic E-state index is -0.142. The molecule has 2 rings (SSSR count). The Labute approximate surface area is 148 Å². The Kier molecular flexibility index (Phi) is 6.71. The molecule has 0 heterocycles. The van der Waals surface area contributed by atoms with Crippen molar-refractivity contribution >= 4 is 17.5 Å². The molecule has 0 aliphatic carbocycles. The van der Waals surface area contributed by atoms with Crippen LogP contribution in [0.25, 0.3) is 0 Å². The van der Waals surface area contributed by atoms with Crippen molar-refractivity contribution in [1.29, 1.82) is 0 Å². The van der Waals surface area contributed by atoms with E-state index in [4.69, 9.17) is 4.74 Å². The van der Waals surface area contributed by atoms with Crippen molar-refractivity contribution in [2.45, 2.75) is 20.3 Å². The molecule has 2 N–H and O–H groups in total. The highest BCUT2D eigenvalue weighted by Gasteiger charge is 2.08. The molecule has 0 spiro atoms. The van der Waals surface area contributed by atoms with E-state index in [1.807, 2.05) is 44.2 Å². The highest BCUT2D eigenvalue weighted by Crippen LogP contribution is 2.14. The number of nitrogens with one attached hydrogen (secondary N) is 2. The van der Waals surface area contributed by atoms with Crippen LogP contribution < -0.4 is 10.6 Å². The molecule has 0 aliphatic heterocycles. The molecule has 0 unspecified atom stereocenters. The molecule has 0 saturated carbocycles. The Morgan fingerprint density at radius 2 is 1.64 bits per heavy atom. The topological polar surface area (TPSA) is 67.4 Å². The minimum Gasteiger partial charge on any atom is -0.383 e. The van der Waals surface area contributed by atoms with Crippen molar-refractivity contribution in [1.82, 2.24) is 5.32 Å². The van der Waals surface area contributed by atoms with Crippen molar-refractivity contribution in [2.24, 2.45) is 0 Å². The molecule has 5 nitrogen and oxygen atoms in total. The van der Waals surface area contributed by atoms with Crippen LogP contribution in [0.5, 0.6) is 0 Å². The summed E-state index contributed by atoms with van der Waals surface area (Å²) in [4.78, 5) is 24.1. The van der Waals surface area contributed by atoms with Crippen molar-refractivity contribution < 1.29 is 14.3 Å². The fraction of sp³-hybridized carbons (Fsp3) is 0.300. The van der Waals surface area contributed by atoms with Gasteiger partial charge < -0.3 is 15.4 Å². The second kappa shape index (κ2) is 8.99. The Morgan fingerprint density at radius 1 is 1.00 bits per heavy atom. The van der Waals surface area contributed by atoms with Crippen LogP contribution in [-0.2, 0) is 16.0 Å². The molecule has 0 fully saturated rings. The first-order valence-electron chi connectivity index (χ1n) is 8.22. The number of aryl methyl sites for hydroxylation is 2. The summed E-state index contributed by atoms with van der Waals surface area (Å²) in [6.07, 6.45) is 0.301. The number of rotatable bonds is 7. The van der Waals surface area contributed by atoms with Crippen LogP contribution in [0.2, 0.25) is 0 Å². The average molecular weight is 340 g/mol. The largest absolute Gasteiger partial charge is 0.383 e. The first-order chi connectivity index (χ1) is 12.0. The molecule has 0 atom stereocenters. The van der Waals surface area contributed by atoms with Crippen LogP contribution in [0.3, 0.4) is 0 Å². The fourth-order valence-corrected chi connectivity index (χ4v) is 2.56. The van der Waals surface area contributed by atoms with E-state index in [1.54, 1.807) is 19.2 Å². The maximum absolute atomic E-state index is 12.3. The summed E-state index contributed by atoms with van der Waals surface area (Å²) in [5, 5.41) is 5.66. The maximum Gasteiger partial charge on any atom is 0.255 e. The van der Waals surface area contributed by atoms with E-state index in [1.165, 1.54) is 0 Å². The van der Waals surface area contributed by atoms with Gasteiger partial charge in [0.25, 0.3) is 5.91 Å². The van der Waals surface area contributed by atoms with E-state index in [9.17, 15) is 9.59 Å². The van der Waals surface area contributed by atoms with Crippen molar-refractivity contribution in [3.05, 3.63) is 64.7 Å². The lowest BCUT2D eigenvalue weighted by atomic mass is 10.1. The van der Waals surface area contributed by atoms with Gasteiger partial charge in [-0.05, 0) is 43.7 Å². The normalized spacial score (nSPS) is 10.4. The Balaban J connectivity index is 1.93. The zero-order valence-corrected chi connectivity index (χ0v) is 14.9. The van der Waals surface area contributed by atoms with Crippen LogP contribution in [0, 0.1) is 13.8 Å². The lowest BCUT2D eigenvalue weighted by Gasteiger charge is -2.08. The molecular weight excluding hydrogens is 316 g/mol. The van der Waals surface area contributed by atoms with Crippen LogP contribution >= 0.6 is 0 Å². The predicted molar refractivity (Wildman–Crippen MR) is 98.9 cm³/mol. The molecule has 0 radical (unpaired) electrons. The summed E-state index contributed by atoms with van der Waals surface area (Å²) < 4.78 is 4.89. The molecule has 25 heavy (non-hydrogen) atoms. The summed E-state index contributed by atoms with van der Waals surface area (Å²) in [6.45, 7) is 4.93. The van der Waals surface area contributed by atoms with Crippen LogP contribution in [0.1, 0.15) is 27.0 Å². The number of hydrogen-bond donors (Lipinski definition) is 2. The van der Waals surface area contributed by atoms with Crippen LogP contribution in [0.4, 0.5) is 5.69 Å². The van der Waals surface area contributed by atoms with E-state index in [0.717, 1.165) is 16.7 Å². The van der Waals surface area contributed by atoms with Gasteiger partial charge in [-0.25, -0.2) is 0 Å². The SMILES string of the molecule is COCCNC(=O)Cc1ccc(NC(=O)c2cc(C)cc(C)c2)cc1. The second-order valence-electron chi connectivity index (χ2n) is 6.05. The highest BCUT2D eigenvalue weighted by atomic mass is 16.5. The number of amides is 2. The van der Waals surface area contributed by atoms with E-state index in [2.05, 4.69) is 10.6 Å². The van der Waals surface area contributed by atoms with Gasteiger partial charge in [-0.1, -0.05) is 29.3 Å². The fourth-order valence-electron chi connectivity index (χ4n) is 2.56. The Hall–Kier alpha value is -2.66. The third kappa shape index (κ3) is 6.04. The van der Waals surface area contributed by atoms with Crippen LogP contribution in [-0.4, -0.2) is 32.1 Å². The van der Waals surface area contributed by atoms with Crippen molar-refractivity contribution in [3.63, 3.8) is 0 Å². The first kappa shape index (κ1) is 18.7. The van der Waals surface area contributed by atoms with E-state index >= 15 is 0 Å². The number of carbonyl (C=O) groups is 2. The quantitative estimate of drug-likeness (QED) is 0.762. The summed E-state index contributed by atoms with van der Waals surface area (Å²) in [5.74, 6) is -0.194. The zero-order valence-electron chi connectivity index (χ0n) is 14.9. The number of anilines is 1. The van der Waals surface area contributed by atoms with Gasteiger partial charge in [-0.3, -0.25) is 9.59 Å². The maximum atomic E-state index is 12.3. The predicted octanol–water partition coefficient (Wildman–Crippen LogP) is 2.86. The minimum absolute atomic E-state index is 0.0518. The van der Waals surface area contributed by atoms with Gasteiger partial charge in [0.1, 0.15) is 0 Å². The number of methoxy groups -OCH3 is 1. The molecule has 2 aromatic carbocycles. The lowest BCUT2D eigenvalue weighted by molar-refractivity contribution is -0.120. The molecular formula is C20H24N2O3. The van der Waals surface area contributed by atoms with Crippen LogP contribution in [0.15, 0.2) is 42.5 Å². The third-order valence-corrected chi connectivity index (χ3v) is 3.69. The molecule has 0 aliphatic rings. The molecule has 2 amide bonds. The molecule has 0 saturated heterocycles. The van der Waals surface area contributed by atoms with Gasteiger partial charge in [0.2, 0.25) is 5.91 Å². The van der Waals surface area contributed by atoms with Crippen molar-refractivity contribution in [3.8, 4) is 0 Å². The number of benzene rings is 2. The molecule has 132 valence electrons. The van der Waals surface area contributed by atoms with E-state index in [0.29, 0.717) is 30.8 Å². The summed E-state index contributed by atoms with van der Waals surface area (Å²) in [7, 11) is 1.59. The van der Waals surface area contributed by atoms with Gasteiger partial charge in [-0.2, -0.15) is 0 Å². The van der Waals surface area contributed by atoms with Gasteiger partial charge >= 0.3 is 0 Å². The summed E-state index contributed by atoms with van der Waals surface area (Å²) >= 11 is 0. The first-order valence-corrected chi connectivity index (χ1v) is 8.22. The molecule has 2 aromatic rings. The monoisotopic (exact) mass is 340 g/mol. The van der Waals surface area contributed by atoms with Gasteiger partial charge in [0, 0.05) is 24.9 Å². The highest BCUT2D eigenvalue weighted by molar-refractivity contribution is 6.04. The zero-order chi connectivity index (χ0) is 18.2. The molecule has 0 aromatic heterocycles. The lowest BCUT2D eigenvalue weighted by Crippen LogP contribution is -2.28. The Bertz CT molecular complexity index is 719. The van der Waals surface area contributed by atoms with Gasteiger partial charge in [0.05, 0.1) is 13.0 Å². The number of ether oxygens (including phenoxy) is 1. The Morgan fingerprint density at radius 3 is 2.24 bits per heavy atom.